The summed E-state index contributed by atoms with van der Waals surface area (Å²) in [7, 11) is 0. The fourth-order valence-corrected chi connectivity index (χ4v) is 3.41. The largest absolute Gasteiger partial charge is 0.348 e. The van der Waals surface area contributed by atoms with E-state index >= 15 is 0 Å². The maximum absolute atomic E-state index is 12.8. The second-order valence-electron chi connectivity index (χ2n) is 6.96. The quantitative estimate of drug-likeness (QED) is 0.583. The number of benzene rings is 2. The number of rotatable bonds is 4. The number of nitrogens with zero attached hydrogens (tertiary/aromatic N) is 3. The molecule has 0 aliphatic heterocycles. The van der Waals surface area contributed by atoms with E-state index in [1.807, 2.05) is 79.9 Å². The number of hydrogen-bond donors (Lipinski definition) is 1. The van der Waals surface area contributed by atoms with Gasteiger partial charge in [0.25, 0.3) is 5.91 Å². The molecule has 5 nitrogen and oxygen atoms in total. The van der Waals surface area contributed by atoms with Crippen LogP contribution in [0.2, 0.25) is 0 Å². The molecule has 0 radical (unpaired) electrons. The summed E-state index contributed by atoms with van der Waals surface area (Å²) in [5, 5.41) is 3.02. The third-order valence-electron chi connectivity index (χ3n) is 4.95. The van der Waals surface area contributed by atoms with Crippen LogP contribution in [-0.2, 0) is 6.54 Å². The summed E-state index contributed by atoms with van der Waals surface area (Å²) >= 11 is 0. The molecule has 0 saturated carbocycles. The van der Waals surface area contributed by atoms with Crippen LogP contribution >= 0.6 is 0 Å². The average molecular weight is 370 g/mol. The molecule has 0 spiro atoms. The van der Waals surface area contributed by atoms with Gasteiger partial charge in [-0.2, -0.15) is 0 Å². The summed E-state index contributed by atoms with van der Waals surface area (Å²) in [5.74, 6) is 0.754. The minimum Gasteiger partial charge on any atom is -0.348 e. The van der Waals surface area contributed by atoms with Crippen molar-refractivity contribution in [3.05, 3.63) is 88.9 Å². The Morgan fingerprint density at radius 2 is 1.79 bits per heavy atom. The fourth-order valence-electron chi connectivity index (χ4n) is 3.41. The van der Waals surface area contributed by atoms with Gasteiger partial charge in [0.15, 0.2) is 5.65 Å². The first-order valence-electron chi connectivity index (χ1n) is 9.28. The zero-order chi connectivity index (χ0) is 19.7. The molecule has 0 aliphatic rings. The van der Waals surface area contributed by atoms with Crippen molar-refractivity contribution in [2.24, 2.45) is 0 Å². The van der Waals surface area contributed by atoms with Crippen molar-refractivity contribution in [1.29, 1.82) is 0 Å². The lowest BCUT2D eigenvalue weighted by Gasteiger charge is -2.14. The van der Waals surface area contributed by atoms with Crippen LogP contribution in [0.1, 0.15) is 32.9 Å². The van der Waals surface area contributed by atoms with Crippen LogP contribution in [0.3, 0.4) is 0 Å². The zero-order valence-corrected chi connectivity index (χ0v) is 16.2. The first kappa shape index (κ1) is 17.9. The van der Waals surface area contributed by atoms with Crippen LogP contribution in [0.5, 0.6) is 0 Å². The summed E-state index contributed by atoms with van der Waals surface area (Å²) in [6.07, 6.45) is 1.76. The van der Waals surface area contributed by atoms with Gasteiger partial charge in [-0.1, -0.05) is 35.9 Å². The lowest BCUT2D eigenvalue weighted by atomic mass is 10.1. The molecule has 140 valence electrons. The Hall–Kier alpha value is -3.47. The predicted molar refractivity (Wildman–Crippen MR) is 111 cm³/mol. The van der Waals surface area contributed by atoms with Crippen molar-refractivity contribution in [2.75, 3.05) is 0 Å². The first-order chi connectivity index (χ1) is 13.5. The number of aryl methyl sites for hydroxylation is 2. The van der Waals surface area contributed by atoms with Gasteiger partial charge in [-0.05, 0) is 56.2 Å². The highest BCUT2D eigenvalue weighted by molar-refractivity contribution is 5.96. The second-order valence-corrected chi connectivity index (χ2v) is 6.96. The highest BCUT2D eigenvalue weighted by Gasteiger charge is 2.16. The summed E-state index contributed by atoms with van der Waals surface area (Å²) < 4.78 is 2.00. The number of carbonyl (C=O) groups is 1. The molecule has 0 fully saturated rings. The molecule has 0 saturated heterocycles. The third kappa shape index (κ3) is 3.27. The highest BCUT2D eigenvalue weighted by Crippen LogP contribution is 2.24. The molecule has 2 aromatic heterocycles. The van der Waals surface area contributed by atoms with Crippen LogP contribution < -0.4 is 5.32 Å². The highest BCUT2D eigenvalue weighted by atomic mass is 16.1. The molecule has 0 atom stereocenters. The summed E-state index contributed by atoms with van der Waals surface area (Å²) in [6.45, 7) is 6.46. The number of aromatic nitrogens is 3. The Morgan fingerprint density at radius 3 is 2.57 bits per heavy atom. The van der Waals surface area contributed by atoms with Gasteiger partial charge in [-0.3, -0.25) is 9.36 Å². The van der Waals surface area contributed by atoms with Crippen molar-refractivity contribution < 1.29 is 4.79 Å². The molecule has 1 amide bonds. The molecule has 28 heavy (non-hydrogen) atoms. The van der Waals surface area contributed by atoms with Crippen molar-refractivity contribution in [3.8, 4) is 5.69 Å². The van der Waals surface area contributed by atoms with Gasteiger partial charge in [0.2, 0.25) is 0 Å². The van der Waals surface area contributed by atoms with Gasteiger partial charge in [0.05, 0.1) is 5.69 Å². The average Bonchev–Trinajstić information content (AvgIpc) is 3.03. The molecule has 0 unspecified atom stereocenters. The van der Waals surface area contributed by atoms with E-state index in [9.17, 15) is 4.79 Å². The number of amides is 1. The number of carbonyl (C=O) groups excluding carboxylic acids is 1. The number of fused-ring (bicyclic) bond motifs is 1. The molecule has 1 N–H and O–H groups in total. The number of nitrogens with one attached hydrogen (secondary N) is 1. The Morgan fingerprint density at radius 1 is 1.00 bits per heavy atom. The Balaban J connectivity index is 1.65. The lowest BCUT2D eigenvalue weighted by Crippen LogP contribution is -2.24. The van der Waals surface area contributed by atoms with E-state index in [2.05, 4.69) is 15.3 Å². The molecule has 5 heteroatoms. The van der Waals surface area contributed by atoms with Crippen molar-refractivity contribution in [1.82, 2.24) is 19.9 Å². The molecule has 2 aromatic carbocycles. The number of hydrogen-bond acceptors (Lipinski definition) is 3. The van der Waals surface area contributed by atoms with Crippen molar-refractivity contribution in [2.45, 2.75) is 27.3 Å². The standard InChI is InChI=1S/C23H22N4O/c1-15-9-11-18(12-10-15)14-25-23(28)19-6-4-8-21(16(19)2)27-17(3)26-20-7-5-13-24-22(20)27/h4-13H,14H2,1-3H3,(H,25,28). The van der Waals surface area contributed by atoms with Crippen molar-refractivity contribution >= 4 is 17.1 Å². The monoisotopic (exact) mass is 370 g/mol. The van der Waals surface area contributed by atoms with Crippen LogP contribution in [-0.4, -0.2) is 20.4 Å². The van der Waals surface area contributed by atoms with E-state index < -0.39 is 0 Å². The van der Waals surface area contributed by atoms with E-state index in [1.165, 1.54) is 5.56 Å². The van der Waals surface area contributed by atoms with Gasteiger partial charge in [0.1, 0.15) is 11.3 Å². The normalized spacial score (nSPS) is 11.0. The topological polar surface area (TPSA) is 59.8 Å². The Bertz CT molecular complexity index is 1160. The molecule has 4 aromatic rings. The van der Waals surface area contributed by atoms with Crippen LogP contribution in [0.25, 0.3) is 16.9 Å². The Kier molecular flexibility index (Phi) is 4.65. The molecular weight excluding hydrogens is 348 g/mol. The minimum atomic E-state index is -0.0880. The van der Waals surface area contributed by atoms with Crippen LogP contribution in [0.15, 0.2) is 60.8 Å². The maximum Gasteiger partial charge on any atom is 0.251 e. The van der Waals surface area contributed by atoms with E-state index in [0.29, 0.717) is 12.1 Å². The molecule has 0 aliphatic carbocycles. The van der Waals surface area contributed by atoms with Gasteiger partial charge >= 0.3 is 0 Å². The van der Waals surface area contributed by atoms with Gasteiger partial charge in [-0.15, -0.1) is 0 Å². The number of imidazole rings is 1. The zero-order valence-electron chi connectivity index (χ0n) is 16.2. The van der Waals surface area contributed by atoms with Gasteiger partial charge in [0, 0.05) is 18.3 Å². The van der Waals surface area contributed by atoms with E-state index in [-0.39, 0.29) is 5.91 Å². The van der Waals surface area contributed by atoms with Gasteiger partial charge < -0.3 is 5.32 Å². The fraction of sp³-hybridized carbons (Fsp3) is 0.174. The first-order valence-corrected chi connectivity index (χ1v) is 9.28. The van der Waals surface area contributed by atoms with Gasteiger partial charge in [-0.25, -0.2) is 9.97 Å². The van der Waals surface area contributed by atoms with Crippen LogP contribution in [0.4, 0.5) is 0 Å². The summed E-state index contributed by atoms with van der Waals surface area (Å²) in [4.78, 5) is 21.9. The molecule has 4 rings (SSSR count). The predicted octanol–water partition coefficient (Wildman–Crippen LogP) is 4.28. The lowest BCUT2D eigenvalue weighted by molar-refractivity contribution is 0.0950. The SMILES string of the molecule is Cc1ccc(CNC(=O)c2cccc(-n3c(C)nc4cccnc43)c2C)cc1. The maximum atomic E-state index is 12.8. The molecule has 2 heterocycles. The summed E-state index contributed by atoms with van der Waals surface area (Å²) in [5.41, 5.74) is 6.39. The van der Waals surface area contributed by atoms with Crippen LogP contribution in [0, 0.1) is 20.8 Å². The molecular formula is C23H22N4O. The van der Waals surface area contributed by atoms with E-state index in [1.54, 1.807) is 6.20 Å². The van der Waals surface area contributed by atoms with E-state index in [0.717, 1.165) is 33.8 Å². The molecule has 0 bridgehead atoms. The second kappa shape index (κ2) is 7.27. The smallest absolute Gasteiger partial charge is 0.251 e. The third-order valence-corrected chi connectivity index (χ3v) is 4.95. The minimum absolute atomic E-state index is 0.0880. The number of pyridine rings is 1. The summed E-state index contributed by atoms with van der Waals surface area (Å²) in [6, 6.07) is 17.7. The van der Waals surface area contributed by atoms with Crippen molar-refractivity contribution in [3.63, 3.8) is 0 Å². The Labute approximate surface area is 164 Å². The van der Waals surface area contributed by atoms with E-state index in [4.69, 9.17) is 0 Å².